The minimum absolute atomic E-state index is 1.15. The first-order chi connectivity index (χ1) is 5.50. The maximum Gasteiger partial charge on any atom is 0.0267 e. The van der Waals surface area contributed by atoms with Gasteiger partial charge in [-0.2, -0.15) is 0 Å². The van der Waals surface area contributed by atoms with Crippen LogP contribution in [-0.2, 0) is 0 Å². The van der Waals surface area contributed by atoms with Crippen molar-refractivity contribution in [3.8, 4) is 0 Å². The van der Waals surface area contributed by atoms with E-state index >= 15 is 0 Å². The molecule has 0 unspecified atom stereocenters. The summed E-state index contributed by atoms with van der Waals surface area (Å²) < 4.78 is 0. The van der Waals surface area contributed by atoms with Crippen molar-refractivity contribution in [2.45, 2.75) is 19.3 Å². The van der Waals surface area contributed by atoms with Crippen molar-refractivity contribution in [2.75, 3.05) is 0 Å². The molecule has 1 heteroatoms. The van der Waals surface area contributed by atoms with Crippen LogP contribution in [0.4, 0.5) is 0 Å². The highest BCUT2D eigenvalue weighted by Gasteiger charge is 1.79. The highest BCUT2D eigenvalue weighted by Crippen LogP contribution is 1.98. The molecule has 0 saturated heterocycles. The molecule has 1 nitrogen and oxygen atoms in total. The van der Waals surface area contributed by atoms with E-state index in [0.717, 1.165) is 12.8 Å². The lowest BCUT2D eigenvalue weighted by Crippen LogP contribution is -1.68. The van der Waals surface area contributed by atoms with E-state index in [4.69, 9.17) is 0 Å². The maximum atomic E-state index is 4.03. The second kappa shape index (κ2) is 5.66. The zero-order chi connectivity index (χ0) is 7.78. The summed E-state index contributed by atoms with van der Waals surface area (Å²) in [4.78, 5) is 4.03. The third-order valence-electron chi connectivity index (χ3n) is 1.47. The van der Waals surface area contributed by atoms with Crippen molar-refractivity contribution >= 4 is 6.21 Å². The summed E-state index contributed by atoms with van der Waals surface area (Å²) >= 11 is 0. The fourth-order valence-corrected chi connectivity index (χ4v) is 0.884. The van der Waals surface area contributed by atoms with Crippen molar-refractivity contribution < 1.29 is 0 Å². The molecule has 1 heterocycles. The zero-order valence-corrected chi connectivity index (χ0v) is 6.61. The van der Waals surface area contributed by atoms with E-state index in [-0.39, 0.29) is 0 Å². The molecule has 1 rings (SSSR count). The first kappa shape index (κ1) is 7.99. The molecular formula is C10H13N. The first-order valence-electron chi connectivity index (χ1n) is 4.00. The Bertz CT molecular complexity index is 175. The predicted octanol–water partition coefficient (Wildman–Crippen LogP) is 2.87. The minimum atomic E-state index is 1.15. The molecule has 58 valence electrons. The van der Waals surface area contributed by atoms with Crippen molar-refractivity contribution in [1.82, 2.24) is 0 Å². The highest BCUT2D eigenvalue weighted by molar-refractivity contribution is 5.71. The van der Waals surface area contributed by atoms with Crippen LogP contribution in [0.5, 0.6) is 0 Å². The van der Waals surface area contributed by atoms with Crippen LogP contribution in [0, 0.1) is 0 Å². The molecule has 0 saturated carbocycles. The quantitative estimate of drug-likeness (QED) is 0.499. The molecule has 11 heavy (non-hydrogen) atoms. The monoisotopic (exact) mass is 147 g/mol. The number of hydrogen-bond acceptors (Lipinski definition) is 1. The van der Waals surface area contributed by atoms with Crippen molar-refractivity contribution in [1.29, 1.82) is 0 Å². The van der Waals surface area contributed by atoms with Gasteiger partial charge in [0.1, 0.15) is 0 Å². The molecule has 0 bridgehead atoms. The van der Waals surface area contributed by atoms with Gasteiger partial charge in [-0.05, 0) is 31.4 Å². The average Bonchev–Trinajstić information content (AvgIpc) is 2.08. The molecule has 0 aromatic heterocycles. The van der Waals surface area contributed by atoms with Gasteiger partial charge in [0, 0.05) is 12.4 Å². The number of aliphatic imine (C=N–C) groups is 1. The molecule has 0 atom stereocenters. The summed E-state index contributed by atoms with van der Waals surface area (Å²) in [6, 6.07) is 0. The van der Waals surface area contributed by atoms with E-state index < -0.39 is 0 Å². The summed E-state index contributed by atoms with van der Waals surface area (Å²) in [5, 5.41) is 0. The first-order valence-corrected chi connectivity index (χ1v) is 4.00. The SMILES string of the molecule is C1=C\N=C/C=C/CCC/C=C/1. The van der Waals surface area contributed by atoms with Gasteiger partial charge in [-0.25, -0.2) is 0 Å². The van der Waals surface area contributed by atoms with Crippen LogP contribution in [-0.4, -0.2) is 6.21 Å². The van der Waals surface area contributed by atoms with Crippen LogP contribution in [0.15, 0.2) is 41.6 Å². The summed E-state index contributed by atoms with van der Waals surface area (Å²) in [5.41, 5.74) is 0. The molecule has 0 aromatic rings. The largest absolute Gasteiger partial charge is 0.265 e. The normalized spacial score (nSPS) is 29.8. The maximum absolute atomic E-state index is 4.03. The lowest BCUT2D eigenvalue weighted by atomic mass is 10.2. The van der Waals surface area contributed by atoms with Crippen molar-refractivity contribution in [2.24, 2.45) is 4.99 Å². The molecule has 1 aliphatic rings. The van der Waals surface area contributed by atoms with Crippen molar-refractivity contribution in [3.05, 3.63) is 36.6 Å². The molecule has 0 N–H and O–H groups in total. The minimum Gasteiger partial charge on any atom is -0.265 e. The molecule has 0 aromatic carbocycles. The van der Waals surface area contributed by atoms with Gasteiger partial charge in [-0.3, -0.25) is 4.99 Å². The van der Waals surface area contributed by atoms with Gasteiger partial charge >= 0.3 is 0 Å². The van der Waals surface area contributed by atoms with Gasteiger partial charge in [0.2, 0.25) is 0 Å². The predicted molar refractivity (Wildman–Crippen MR) is 49.8 cm³/mol. The Morgan fingerprint density at radius 2 is 1.73 bits per heavy atom. The van der Waals surface area contributed by atoms with Crippen LogP contribution >= 0.6 is 0 Å². The van der Waals surface area contributed by atoms with Gasteiger partial charge in [0.15, 0.2) is 0 Å². The second-order valence-electron chi connectivity index (χ2n) is 2.43. The van der Waals surface area contributed by atoms with Crippen LogP contribution in [0.3, 0.4) is 0 Å². The summed E-state index contributed by atoms with van der Waals surface area (Å²) in [7, 11) is 0. The Balaban J connectivity index is 2.47. The zero-order valence-electron chi connectivity index (χ0n) is 6.61. The topological polar surface area (TPSA) is 12.4 Å². The van der Waals surface area contributed by atoms with Gasteiger partial charge < -0.3 is 0 Å². The molecule has 0 aliphatic carbocycles. The Labute approximate surface area is 67.8 Å². The van der Waals surface area contributed by atoms with E-state index in [2.05, 4.69) is 17.1 Å². The molecule has 1 aliphatic heterocycles. The van der Waals surface area contributed by atoms with E-state index in [1.165, 1.54) is 6.42 Å². The van der Waals surface area contributed by atoms with Crippen LogP contribution in [0.25, 0.3) is 0 Å². The van der Waals surface area contributed by atoms with Crippen LogP contribution < -0.4 is 0 Å². The lowest BCUT2D eigenvalue weighted by Gasteiger charge is -1.86. The van der Waals surface area contributed by atoms with Gasteiger partial charge in [-0.1, -0.05) is 18.2 Å². The molecule has 0 radical (unpaired) electrons. The van der Waals surface area contributed by atoms with Gasteiger partial charge in [0.05, 0.1) is 0 Å². The molecule has 0 spiro atoms. The fourth-order valence-electron chi connectivity index (χ4n) is 0.884. The van der Waals surface area contributed by atoms with Gasteiger partial charge in [-0.15, -0.1) is 0 Å². The summed E-state index contributed by atoms with van der Waals surface area (Å²) in [6.45, 7) is 0. The Kier molecular flexibility index (Phi) is 4.11. The number of rotatable bonds is 0. The summed E-state index contributed by atoms with van der Waals surface area (Å²) in [5.74, 6) is 0. The number of allylic oxidation sites excluding steroid dienone is 5. The van der Waals surface area contributed by atoms with E-state index in [0.29, 0.717) is 0 Å². The van der Waals surface area contributed by atoms with Gasteiger partial charge in [0.25, 0.3) is 0 Å². The van der Waals surface area contributed by atoms with Crippen molar-refractivity contribution in [3.63, 3.8) is 0 Å². The number of hydrogen-bond donors (Lipinski definition) is 0. The van der Waals surface area contributed by atoms with Crippen LogP contribution in [0.1, 0.15) is 19.3 Å². The third-order valence-corrected chi connectivity index (χ3v) is 1.47. The van der Waals surface area contributed by atoms with Crippen LogP contribution in [0.2, 0.25) is 0 Å². The fraction of sp³-hybridized carbons (Fsp3) is 0.300. The number of nitrogens with zero attached hydrogens (tertiary/aromatic N) is 1. The Morgan fingerprint density at radius 3 is 2.64 bits per heavy atom. The standard InChI is InChI=1S/C10H13N/c1-2-4-6-8-10-11-9-7-5-3-1/h3,5-10H,1-2,4H2/b5-3+,8-6+,9-7-,11-10-. The lowest BCUT2D eigenvalue weighted by molar-refractivity contribution is 0.869. The Hall–Kier alpha value is -1.11. The second-order valence-corrected chi connectivity index (χ2v) is 2.43. The molecular weight excluding hydrogens is 134 g/mol. The van der Waals surface area contributed by atoms with E-state index in [1.807, 2.05) is 24.4 Å². The smallest absolute Gasteiger partial charge is 0.0267 e. The highest BCUT2D eigenvalue weighted by atomic mass is 14.6. The third kappa shape index (κ3) is 4.31. The average molecular weight is 147 g/mol. The molecule has 0 fully saturated rings. The Morgan fingerprint density at radius 1 is 0.909 bits per heavy atom. The van der Waals surface area contributed by atoms with E-state index in [1.54, 1.807) is 6.20 Å². The summed E-state index contributed by atoms with van der Waals surface area (Å²) in [6.07, 6.45) is 17.5. The molecule has 0 amide bonds. The van der Waals surface area contributed by atoms with E-state index in [9.17, 15) is 0 Å².